The summed E-state index contributed by atoms with van der Waals surface area (Å²) in [6, 6.07) is 7.66. The van der Waals surface area contributed by atoms with E-state index >= 15 is 0 Å². The summed E-state index contributed by atoms with van der Waals surface area (Å²) < 4.78 is 10.9. The Bertz CT molecular complexity index is 917. The van der Waals surface area contributed by atoms with Crippen LogP contribution in [0, 0.1) is 0 Å². The zero-order valence-corrected chi connectivity index (χ0v) is 17.6. The molecule has 2 aliphatic heterocycles. The molecule has 4 rings (SSSR count). The maximum absolute atomic E-state index is 13.0. The summed E-state index contributed by atoms with van der Waals surface area (Å²) in [5.74, 6) is 1.53. The first kappa shape index (κ1) is 20.5. The Morgan fingerprint density at radius 2 is 1.87 bits per heavy atom. The Labute approximate surface area is 177 Å². The van der Waals surface area contributed by atoms with Gasteiger partial charge in [-0.25, -0.2) is 0 Å². The van der Waals surface area contributed by atoms with E-state index in [4.69, 9.17) is 9.47 Å². The van der Waals surface area contributed by atoms with Crippen molar-refractivity contribution in [2.24, 2.45) is 0 Å². The molecule has 160 valence electrons. The minimum atomic E-state index is -0.0198. The van der Waals surface area contributed by atoms with Crippen molar-refractivity contribution in [3.05, 3.63) is 47.3 Å². The molecule has 3 heterocycles. The molecule has 1 aromatic carbocycles. The van der Waals surface area contributed by atoms with Crippen molar-refractivity contribution in [2.45, 2.75) is 31.7 Å². The van der Waals surface area contributed by atoms with E-state index in [9.17, 15) is 9.59 Å². The Morgan fingerprint density at radius 3 is 2.60 bits per heavy atom. The van der Waals surface area contributed by atoms with Crippen LogP contribution in [0.2, 0.25) is 0 Å². The van der Waals surface area contributed by atoms with Gasteiger partial charge in [-0.2, -0.15) is 0 Å². The first-order valence-corrected chi connectivity index (χ1v) is 10.6. The van der Waals surface area contributed by atoms with Gasteiger partial charge < -0.3 is 19.4 Å². The minimum Gasteiger partial charge on any atom is -0.497 e. The molecule has 0 radical (unpaired) electrons. The molecule has 1 aromatic heterocycles. The quantitative estimate of drug-likeness (QED) is 0.708. The summed E-state index contributed by atoms with van der Waals surface area (Å²) in [6.07, 6.45) is 5.75. The molecule has 2 fully saturated rings. The van der Waals surface area contributed by atoms with E-state index in [0.717, 1.165) is 62.4 Å². The zero-order chi connectivity index (χ0) is 21.1. The first-order valence-electron chi connectivity index (χ1n) is 10.6. The van der Waals surface area contributed by atoms with E-state index in [1.54, 1.807) is 26.5 Å². The van der Waals surface area contributed by atoms with Crippen LogP contribution in [0.4, 0.5) is 0 Å². The fourth-order valence-electron chi connectivity index (χ4n) is 4.51. The van der Waals surface area contributed by atoms with Gasteiger partial charge in [-0.3, -0.25) is 14.5 Å². The number of nitrogens with zero attached hydrogens (tertiary/aromatic N) is 2. The molecular formula is C23H29N3O4. The molecule has 0 spiro atoms. The fourth-order valence-corrected chi connectivity index (χ4v) is 4.51. The normalized spacial score (nSPS) is 19.3. The van der Waals surface area contributed by atoms with Gasteiger partial charge in [-0.1, -0.05) is 6.07 Å². The number of ketones is 1. The van der Waals surface area contributed by atoms with Crippen molar-refractivity contribution in [3.63, 3.8) is 0 Å². The maximum atomic E-state index is 13.0. The van der Waals surface area contributed by atoms with Crippen LogP contribution in [0.5, 0.6) is 11.5 Å². The number of benzene rings is 1. The number of amides is 1. The lowest BCUT2D eigenvalue weighted by Crippen LogP contribution is -2.30. The van der Waals surface area contributed by atoms with E-state index in [0.29, 0.717) is 17.8 Å². The lowest BCUT2D eigenvalue weighted by molar-refractivity contribution is 0.0787. The monoisotopic (exact) mass is 411 g/mol. The van der Waals surface area contributed by atoms with Crippen LogP contribution in [0.3, 0.4) is 0 Å². The van der Waals surface area contributed by atoms with Crippen LogP contribution in [0.1, 0.15) is 58.1 Å². The second-order valence-corrected chi connectivity index (χ2v) is 7.96. The third-order valence-electron chi connectivity index (χ3n) is 6.14. The van der Waals surface area contributed by atoms with Gasteiger partial charge in [0.15, 0.2) is 5.78 Å². The third kappa shape index (κ3) is 4.07. The number of H-pyrrole nitrogens is 1. The number of nitrogens with one attached hydrogen (secondary N) is 1. The molecule has 2 aromatic rings. The molecule has 2 saturated heterocycles. The van der Waals surface area contributed by atoms with Crippen LogP contribution in [0.15, 0.2) is 30.5 Å². The number of carbonyl (C=O) groups is 2. The highest BCUT2D eigenvalue weighted by Gasteiger charge is 2.30. The molecule has 0 aliphatic carbocycles. The van der Waals surface area contributed by atoms with Crippen LogP contribution >= 0.6 is 0 Å². The number of likely N-dealkylation sites (tertiary alicyclic amines) is 2. The number of aromatic nitrogens is 1. The highest BCUT2D eigenvalue weighted by atomic mass is 16.5. The number of rotatable bonds is 7. The molecule has 7 nitrogen and oxygen atoms in total. The second kappa shape index (κ2) is 8.92. The van der Waals surface area contributed by atoms with Crippen LogP contribution in [-0.2, 0) is 0 Å². The van der Waals surface area contributed by atoms with Crippen LogP contribution in [0.25, 0.3) is 0 Å². The molecule has 7 heteroatoms. The van der Waals surface area contributed by atoms with Gasteiger partial charge in [0.05, 0.1) is 20.8 Å². The van der Waals surface area contributed by atoms with Crippen molar-refractivity contribution in [3.8, 4) is 11.5 Å². The zero-order valence-electron chi connectivity index (χ0n) is 17.6. The van der Waals surface area contributed by atoms with Crippen molar-refractivity contribution >= 4 is 11.7 Å². The number of ether oxygens (including phenoxy) is 2. The predicted molar refractivity (Wildman–Crippen MR) is 113 cm³/mol. The van der Waals surface area contributed by atoms with Crippen molar-refractivity contribution < 1.29 is 19.1 Å². The lowest BCUT2D eigenvalue weighted by Gasteiger charge is -2.25. The first-order chi connectivity index (χ1) is 14.6. The van der Waals surface area contributed by atoms with Crippen LogP contribution < -0.4 is 9.47 Å². The Morgan fingerprint density at radius 1 is 1.07 bits per heavy atom. The topological polar surface area (TPSA) is 74.9 Å². The number of hydrogen-bond acceptors (Lipinski definition) is 5. The lowest BCUT2D eigenvalue weighted by atomic mass is 10.0. The third-order valence-corrected chi connectivity index (χ3v) is 6.14. The molecule has 1 unspecified atom stereocenters. The number of aromatic amines is 1. The van der Waals surface area contributed by atoms with E-state index < -0.39 is 0 Å². The van der Waals surface area contributed by atoms with Gasteiger partial charge in [0.25, 0.3) is 5.91 Å². The van der Waals surface area contributed by atoms with Gasteiger partial charge in [0, 0.05) is 42.5 Å². The summed E-state index contributed by atoms with van der Waals surface area (Å²) in [5.41, 5.74) is 2.13. The Balaban J connectivity index is 1.46. The van der Waals surface area contributed by atoms with Crippen LogP contribution in [-0.4, -0.2) is 66.9 Å². The molecular weight excluding hydrogens is 382 g/mol. The van der Waals surface area contributed by atoms with Gasteiger partial charge in [-0.05, 0) is 44.4 Å². The van der Waals surface area contributed by atoms with E-state index in [2.05, 4.69) is 9.88 Å². The summed E-state index contributed by atoms with van der Waals surface area (Å²) >= 11 is 0. The minimum absolute atomic E-state index is 0.0195. The van der Waals surface area contributed by atoms with E-state index in [-0.39, 0.29) is 17.7 Å². The molecule has 1 atom stereocenters. The second-order valence-electron chi connectivity index (χ2n) is 7.96. The molecule has 0 bridgehead atoms. The summed E-state index contributed by atoms with van der Waals surface area (Å²) in [6.45, 7) is 2.76. The Hall–Kier alpha value is -2.80. The standard InChI is InChI=1S/C23H29N3O4/c1-29-17-7-8-18(22(13-17)30-2)20-6-5-11-26(20)15-21(27)16-12-19(24-14-16)23(28)25-9-3-4-10-25/h7-8,12-14,20,24H,3-6,9-11,15H2,1-2H3. The van der Waals surface area contributed by atoms with Gasteiger partial charge in [0.1, 0.15) is 17.2 Å². The fraction of sp³-hybridized carbons (Fsp3) is 0.478. The van der Waals surface area contributed by atoms with Gasteiger partial charge in [0.2, 0.25) is 0 Å². The number of Topliss-reactive ketones (excluding diaryl/α,β-unsaturated/α-hetero) is 1. The van der Waals surface area contributed by atoms with Gasteiger partial charge >= 0.3 is 0 Å². The molecule has 0 saturated carbocycles. The summed E-state index contributed by atoms with van der Waals surface area (Å²) in [5, 5.41) is 0. The smallest absolute Gasteiger partial charge is 0.270 e. The molecule has 30 heavy (non-hydrogen) atoms. The largest absolute Gasteiger partial charge is 0.497 e. The van der Waals surface area contributed by atoms with Crippen molar-refractivity contribution in [1.82, 2.24) is 14.8 Å². The number of methoxy groups -OCH3 is 2. The van der Waals surface area contributed by atoms with E-state index in [1.165, 1.54) is 0 Å². The van der Waals surface area contributed by atoms with Crippen molar-refractivity contribution in [1.29, 1.82) is 0 Å². The van der Waals surface area contributed by atoms with Crippen molar-refractivity contribution in [2.75, 3.05) is 40.4 Å². The average Bonchev–Trinajstić information content (AvgIpc) is 3.54. The molecule has 1 amide bonds. The summed E-state index contributed by atoms with van der Waals surface area (Å²) in [7, 11) is 3.29. The number of hydrogen-bond donors (Lipinski definition) is 1. The van der Waals surface area contributed by atoms with E-state index in [1.807, 2.05) is 23.1 Å². The molecule has 1 N–H and O–H groups in total. The SMILES string of the molecule is COc1ccc(C2CCCN2CC(=O)c2c[nH]c(C(=O)N3CCCC3)c2)c(OC)c1. The summed E-state index contributed by atoms with van der Waals surface area (Å²) in [4.78, 5) is 32.5. The molecule has 2 aliphatic rings. The average molecular weight is 412 g/mol. The Kier molecular flexibility index (Phi) is 6.08. The maximum Gasteiger partial charge on any atom is 0.270 e. The highest BCUT2D eigenvalue weighted by molar-refractivity contribution is 6.01. The van der Waals surface area contributed by atoms with Gasteiger partial charge in [-0.15, -0.1) is 0 Å². The predicted octanol–water partition coefficient (Wildman–Crippen LogP) is 3.29. The highest BCUT2D eigenvalue weighted by Crippen LogP contribution is 2.38. The number of carbonyl (C=O) groups excluding carboxylic acids is 2.